The summed E-state index contributed by atoms with van der Waals surface area (Å²) in [6.07, 6.45) is 0. The molecule has 0 aliphatic carbocycles. The van der Waals surface area contributed by atoms with Crippen molar-refractivity contribution < 1.29 is 17.5 Å². The molecule has 0 fully saturated rings. The van der Waals surface area contributed by atoms with Gasteiger partial charge in [0.25, 0.3) is 0 Å². The van der Waals surface area contributed by atoms with Gasteiger partial charge in [-0.05, 0) is 18.2 Å². The third-order valence-electron chi connectivity index (χ3n) is 1.70. The molecule has 0 amide bonds. The van der Waals surface area contributed by atoms with Gasteiger partial charge in [-0.25, -0.2) is 17.5 Å². The summed E-state index contributed by atoms with van der Waals surface area (Å²) >= 11 is 0. The van der Waals surface area contributed by atoms with Crippen LogP contribution in [0.15, 0.2) is 29.2 Å². The second kappa shape index (κ2) is 5.20. The molecule has 1 aromatic carbocycles. The molecule has 0 aliphatic rings. The van der Waals surface area contributed by atoms with Gasteiger partial charge in [0.1, 0.15) is 5.82 Å². The molecule has 4 nitrogen and oxygen atoms in total. The van der Waals surface area contributed by atoms with Gasteiger partial charge in [0.05, 0.1) is 11.5 Å². The molecular weight excluding hydrogens is 221 g/mol. The highest BCUT2D eigenvalue weighted by molar-refractivity contribution is 7.89. The summed E-state index contributed by atoms with van der Waals surface area (Å²) < 4.78 is 42.8. The molecule has 0 saturated heterocycles. The van der Waals surface area contributed by atoms with Gasteiger partial charge in [-0.1, -0.05) is 6.07 Å². The first-order valence-electron chi connectivity index (χ1n) is 4.30. The Balaban J connectivity index is 2.77. The molecule has 0 aliphatic heterocycles. The molecule has 0 atom stereocenters. The lowest BCUT2D eigenvalue weighted by Crippen LogP contribution is -2.27. The van der Waals surface area contributed by atoms with Crippen LogP contribution in [0.25, 0.3) is 0 Å². The Morgan fingerprint density at radius 2 is 2.20 bits per heavy atom. The van der Waals surface area contributed by atoms with Gasteiger partial charge in [-0.3, -0.25) is 0 Å². The first-order valence-corrected chi connectivity index (χ1v) is 5.79. The number of nitrogens with one attached hydrogen (secondary N) is 1. The minimum atomic E-state index is -3.63. The van der Waals surface area contributed by atoms with Gasteiger partial charge in [0.15, 0.2) is 0 Å². The van der Waals surface area contributed by atoms with Gasteiger partial charge in [0, 0.05) is 13.7 Å². The summed E-state index contributed by atoms with van der Waals surface area (Å²) in [5.41, 5.74) is 0. The van der Waals surface area contributed by atoms with Crippen LogP contribution in [0.2, 0.25) is 0 Å². The molecule has 6 heteroatoms. The minimum Gasteiger partial charge on any atom is -0.383 e. The van der Waals surface area contributed by atoms with Crippen LogP contribution in [0.5, 0.6) is 0 Å². The van der Waals surface area contributed by atoms with Crippen LogP contribution >= 0.6 is 0 Å². The largest absolute Gasteiger partial charge is 0.383 e. The molecule has 1 rings (SSSR count). The van der Waals surface area contributed by atoms with Crippen molar-refractivity contribution in [2.75, 3.05) is 20.3 Å². The number of sulfonamides is 1. The zero-order valence-corrected chi connectivity index (χ0v) is 9.05. The number of hydrogen-bond donors (Lipinski definition) is 1. The Morgan fingerprint density at radius 3 is 2.80 bits per heavy atom. The summed E-state index contributed by atoms with van der Waals surface area (Å²) in [5, 5.41) is 0. The lowest BCUT2D eigenvalue weighted by Gasteiger charge is -2.05. The van der Waals surface area contributed by atoms with Crippen LogP contribution in [-0.4, -0.2) is 28.7 Å². The van der Waals surface area contributed by atoms with Crippen molar-refractivity contribution in [2.45, 2.75) is 4.90 Å². The number of benzene rings is 1. The standard InChI is InChI=1S/C9H12FNO3S/c1-14-6-5-11-15(12,13)9-4-2-3-8(10)7-9/h2-4,7,11H,5-6H2,1H3. The fraction of sp³-hybridized carbons (Fsp3) is 0.333. The maximum atomic E-state index is 12.8. The Kier molecular flexibility index (Phi) is 4.19. The topological polar surface area (TPSA) is 55.4 Å². The highest BCUT2D eigenvalue weighted by Crippen LogP contribution is 2.09. The summed E-state index contributed by atoms with van der Waals surface area (Å²) in [4.78, 5) is -0.0846. The van der Waals surface area contributed by atoms with E-state index in [2.05, 4.69) is 4.72 Å². The molecule has 0 unspecified atom stereocenters. The van der Waals surface area contributed by atoms with E-state index in [0.29, 0.717) is 0 Å². The maximum Gasteiger partial charge on any atom is 0.240 e. The second-order valence-electron chi connectivity index (χ2n) is 2.85. The fourth-order valence-corrected chi connectivity index (χ4v) is 2.04. The number of hydrogen-bond acceptors (Lipinski definition) is 3. The number of ether oxygens (including phenoxy) is 1. The predicted octanol–water partition coefficient (Wildman–Crippen LogP) is 0.750. The van der Waals surface area contributed by atoms with E-state index in [1.54, 1.807) is 0 Å². The normalized spacial score (nSPS) is 11.6. The van der Waals surface area contributed by atoms with Gasteiger partial charge in [0.2, 0.25) is 10.0 Å². The molecule has 0 saturated carbocycles. The monoisotopic (exact) mass is 233 g/mol. The molecule has 0 aromatic heterocycles. The van der Waals surface area contributed by atoms with E-state index in [1.807, 2.05) is 0 Å². The SMILES string of the molecule is COCCNS(=O)(=O)c1cccc(F)c1. The Bertz CT molecular complexity index is 419. The van der Waals surface area contributed by atoms with E-state index in [1.165, 1.54) is 25.3 Å². The third kappa shape index (κ3) is 3.58. The summed E-state index contributed by atoms with van der Waals surface area (Å²) in [6, 6.07) is 4.84. The third-order valence-corrected chi connectivity index (χ3v) is 3.16. The minimum absolute atomic E-state index is 0.0846. The van der Waals surface area contributed by atoms with Crippen LogP contribution in [0.3, 0.4) is 0 Å². The number of methoxy groups -OCH3 is 1. The van der Waals surface area contributed by atoms with Gasteiger partial charge < -0.3 is 4.74 Å². The van der Waals surface area contributed by atoms with Crippen molar-refractivity contribution in [1.82, 2.24) is 4.72 Å². The first-order chi connectivity index (χ1) is 7.06. The number of rotatable bonds is 5. The van der Waals surface area contributed by atoms with Crippen LogP contribution in [0.1, 0.15) is 0 Å². The van der Waals surface area contributed by atoms with Crippen molar-refractivity contribution in [1.29, 1.82) is 0 Å². The summed E-state index contributed by atoms with van der Waals surface area (Å²) in [5.74, 6) is -0.579. The molecule has 0 heterocycles. The second-order valence-corrected chi connectivity index (χ2v) is 4.61. The molecular formula is C9H12FNO3S. The fourth-order valence-electron chi connectivity index (χ4n) is 0.996. The Hall–Kier alpha value is -0.980. The average Bonchev–Trinajstić information content (AvgIpc) is 2.18. The van der Waals surface area contributed by atoms with Crippen LogP contribution in [-0.2, 0) is 14.8 Å². The number of halogens is 1. The Labute approximate surface area is 88.1 Å². The lowest BCUT2D eigenvalue weighted by atomic mass is 10.4. The van der Waals surface area contributed by atoms with E-state index in [0.717, 1.165) is 6.07 Å². The van der Waals surface area contributed by atoms with Crippen molar-refractivity contribution in [3.63, 3.8) is 0 Å². The van der Waals surface area contributed by atoms with Crippen LogP contribution in [0, 0.1) is 5.82 Å². The molecule has 84 valence electrons. The molecule has 1 N–H and O–H groups in total. The van der Waals surface area contributed by atoms with Crippen molar-refractivity contribution in [3.05, 3.63) is 30.1 Å². The average molecular weight is 233 g/mol. The van der Waals surface area contributed by atoms with Crippen molar-refractivity contribution >= 4 is 10.0 Å². The molecule has 0 bridgehead atoms. The molecule has 0 radical (unpaired) electrons. The van der Waals surface area contributed by atoms with Crippen molar-refractivity contribution in [2.24, 2.45) is 0 Å². The van der Waals surface area contributed by atoms with E-state index in [9.17, 15) is 12.8 Å². The highest BCUT2D eigenvalue weighted by atomic mass is 32.2. The smallest absolute Gasteiger partial charge is 0.240 e. The molecule has 0 spiro atoms. The van der Waals surface area contributed by atoms with Gasteiger partial charge >= 0.3 is 0 Å². The zero-order valence-electron chi connectivity index (χ0n) is 8.23. The summed E-state index contributed by atoms with van der Waals surface area (Å²) in [6.45, 7) is 0.434. The van der Waals surface area contributed by atoms with Gasteiger partial charge in [-0.15, -0.1) is 0 Å². The van der Waals surface area contributed by atoms with E-state index < -0.39 is 15.8 Å². The molecule has 1 aromatic rings. The van der Waals surface area contributed by atoms with Crippen molar-refractivity contribution in [3.8, 4) is 0 Å². The van der Waals surface area contributed by atoms with Crippen LogP contribution < -0.4 is 4.72 Å². The van der Waals surface area contributed by atoms with E-state index in [4.69, 9.17) is 4.74 Å². The Morgan fingerprint density at radius 1 is 1.47 bits per heavy atom. The van der Waals surface area contributed by atoms with Crippen LogP contribution in [0.4, 0.5) is 4.39 Å². The maximum absolute atomic E-state index is 12.8. The van der Waals surface area contributed by atoms with E-state index >= 15 is 0 Å². The zero-order chi connectivity index (χ0) is 11.3. The quantitative estimate of drug-likeness (QED) is 0.763. The lowest BCUT2D eigenvalue weighted by molar-refractivity contribution is 0.204. The van der Waals surface area contributed by atoms with E-state index in [-0.39, 0.29) is 18.0 Å². The predicted molar refractivity (Wildman–Crippen MR) is 53.5 cm³/mol. The molecule has 15 heavy (non-hydrogen) atoms. The first kappa shape index (κ1) is 12.1. The van der Waals surface area contributed by atoms with Gasteiger partial charge in [-0.2, -0.15) is 0 Å². The highest BCUT2D eigenvalue weighted by Gasteiger charge is 2.13. The summed E-state index contributed by atoms with van der Waals surface area (Å²) in [7, 11) is -2.16.